The summed E-state index contributed by atoms with van der Waals surface area (Å²) in [5.41, 5.74) is 8.54. The molecule has 0 bridgehead atoms. The summed E-state index contributed by atoms with van der Waals surface area (Å²) in [7, 11) is 2.84. The van der Waals surface area contributed by atoms with E-state index < -0.39 is 60.9 Å². The smallest absolute Gasteiger partial charge is 0.262 e. The first kappa shape index (κ1) is 30.7. The van der Waals surface area contributed by atoms with Crippen LogP contribution in [0.5, 0.6) is 0 Å². The Hall–Kier alpha value is -3.63. The highest BCUT2D eigenvalue weighted by molar-refractivity contribution is 6.41. The molecule has 2 fully saturated rings. The first-order valence-electron chi connectivity index (χ1n) is 15.3. The highest BCUT2D eigenvalue weighted by Gasteiger charge is 2.48. The summed E-state index contributed by atoms with van der Waals surface area (Å²) in [5.74, 6) is -0.892. The Morgan fingerprint density at radius 1 is 1.00 bits per heavy atom. The molecule has 2 aromatic heterocycles. The molecule has 5 heterocycles. The SMILES string of the molecule is COC1C(COC2CC(O)C(N)CO2)OC(n2c3c(Cl)cccc3c3c4c(c5c6ccccc6[nH]c5c32)C(=O)N(C)C4=O)C(O)C1O. The number of imide groups is 1. The number of aromatic nitrogens is 2. The van der Waals surface area contributed by atoms with Crippen LogP contribution in [0.25, 0.3) is 43.6 Å². The molecule has 14 heteroatoms. The van der Waals surface area contributed by atoms with Gasteiger partial charge in [-0.05, 0) is 12.1 Å². The van der Waals surface area contributed by atoms with Crippen LogP contribution in [0, 0.1) is 0 Å². The quantitative estimate of drug-likeness (QED) is 0.175. The minimum atomic E-state index is -1.52. The van der Waals surface area contributed by atoms with Gasteiger partial charge in [0, 0.05) is 47.6 Å². The molecule has 5 aromatic rings. The molecule has 3 aliphatic heterocycles. The fourth-order valence-corrected chi connectivity index (χ4v) is 7.67. The molecule has 6 N–H and O–H groups in total. The van der Waals surface area contributed by atoms with Crippen LogP contribution in [0.3, 0.4) is 0 Å². The lowest BCUT2D eigenvalue weighted by Crippen LogP contribution is -2.58. The average Bonchev–Trinajstić information content (AvgIpc) is 3.68. The number of aliphatic hydroxyl groups is 3. The third-order valence-electron chi connectivity index (χ3n) is 9.74. The number of para-hydroxylation sites is 2. The monoisotopic (exact) mass is 664 g/mol. The molecule has 8 unspecified atom stereocenters. The van der Waals surface area contributed by atoms with Gasteiger partial charge in [0.2, 0.25) is 0 Å². The first-order chi connectivity index (χ1) is 22.6. The second kappa shape index (κ2) is 11.2. The highest BCUT2D eigenvalue weighted by Crippen LogP contribution is 2.48. The molecule has 0 spiro atoms. The number of rotatable bonds is 5. The lowest BCUT2D eigenvalue weighted by Gasteiger charge is -2.43. The fourth-order valence-electron chi connectivity index (χ4n) is 7.41. The number of aliphatic hydroxyl groups excluding tert-OH is 3. The maximum absolute atomic E-state index is 13.8. The first-order valence-corrected chi connectivity index (χ1v) is 15.7. The molecule has 0 aliphatic carbocycles. The van der Waals surface area contributed by atoms with E-state index >= 15 is 0 Å². The van der Waals surface area contributed by atoms with E-state index in [1.165, 1.54) is 14.2 Å². The summed E-state index contributed by atoms with van der Waals surface area (Å²) >= 11 is 6.90. The molecule has 8 rings (SSSR count). The minimum Gasteiger partial charge on any atom is -0.391 e. The van der Waals surface area contributed by atoms with Crippen molar-refractivity contribution in [1.82, 2.24) is 14.5 Å². The topological polar surface area (TPSA) is 182 Å². The second-order valence-electron chi connectivity index (χ2n) is 12.4. The molecule has 0 saturated carbocycles. The molecule has 2 saturated heterocycles. The van der Waals surface area contributed by atoms with Crippen molar-refractivity contribution < 1.29 is 43.9 Å². The van der Waals surface area contributed by atoms with Crippen molar-refractivity contribution in [3.8, 4) is 0 Å². The number of fused-ring (bicyclic) bond motifs is 10. The number of ether oxygens (including phenoxy) is 4. The van der Waals surface area contributed by atoms with Crippen molar-refractivity contribution in [2.45, 2.75) is 55.5 Å². The third kappa shape index (κ3) is 4.39. The van der Waals surface area contributed by atoms with Gasteiger partial charge < -0.3 is 49.6 Å². The van der Waals surface area contributed by atoms with Gasteiger partial charge in [-0.1, -0.05) is 41.9 Å². The number of carbonyl (C=O) groups is 2. The summed E-state index contributed by atoms with van der Waals surface area (Å²) in [6.45, 7) is -0.0125. The standard InChI is InChI=1S/C33H33ClN4O9/c1-37-31(42)23-21-13-6-3-4-9-17(13)36-25(21)27-22(24(23)32(37)43)14-7-5-8-15(34)26(14)38(27)33-29(41)28(40)30(44-2)19(47-33)12-46-20-10-18(39)16(35)11-45-20/h3-9,16,18-20,28-30,33,36,39-41H,10-12,35H2,1-2H3. The summed E-state index contributed by atoms with van der Waals surface area (Å²) in [6, 6.07) is 12.2. The number of hydrogen-bond donors (Lipinski definition) is 5. The normalized spacial score (nSPS) is 30.0. The number of aromatic amines is 1. The number of carbonyl (C=O) groups excluding carboxylic acids is 2. The molecule has 3 aromatic carbocycles. The van der Waals surface area contributed by atoms with Crippen molar-refractivity contribution in [2.75, 3.05) is 27.4 Å². The third-order valence-corrected chi connectivity index (χ3v) is 10.0. The van der Waals surface area contributed by atoms with Gasteiger partial charge in [-0.25, -0.2) is 0 Å². The highest BCUT2D eigenvalue weighted by atomic mass is 35.5. The van der Waals surface area contributed by atoms with Gasteiger partial charge in [-0.15, -0.1) is 0 Å². The zero-order chi connectivity index (χ0) is 32.9. The molecular weight excluding hydrogens is 632 g/mol. The Bertz CT molecular complexity index is 2100. The minimum absolute atomic E-state index is 0.107. The number of hydrogen-bond acceptors (Lipinski definition) is 10. The van der Waals surface area contributed by atoms with Crippen LogP contribution < -0.4 is 5.73 Å². The predicted molar refractivity (Wildman–Crippen MR) is 171 cm³/mol. The molecule has 2 amide bonds. The van der Waals surface area contributed by atoms with Gasteiger partial charge in [0.1, 0.15) is 24.4 Å². The molecule has 0 radical (unpaired) electrons. The lowest BCUT2D eigenvalue weighted by atomic mass is 9.96. The average molecular weight is 665 g/mol. The summed E-state index contributed by atoms with van der Waals surface area (Å²) in [4.78, 5) is 32.0. The number of methoxy groups -OCH3 is 1. The fraction of sp³-hybridized carbons (Fsp3) is 0.394. The van der Waals surface area contributed by atoms with Gasteiger partial charge in [-0.2, -0.15) is 0 Å². The Balaban J connectivity index is 1.36. The van der Waals surface area contributed by atoms with E-state index in [4.69, 9.17) is 36.3 Å². The molecule has 8 atom stereocenters. The van der Waals surface area contributed by atoms with Crippen molar-refractivity contribution in [3.05, 3.63) is 58.6 Å². The van der Waals surface area contributed by atoms with Gasteiger partial charge in [0.15, 0.2) is 12.5 Å². The van der Waals surface area contributed by atoms with E-state index in [0.717, 1.165) is 15.8 Å². The summed E-state index contributed by atoms with van der Waals surface area (Å²) in [5, 5.41) is 36.0. The summed E-state index contributed by atoms with van der Waals surface area (Å²) in [6.07, 6.45) is -7.57. The maximum atomic E-state index is 13.8. The van der Waals surface area contributed by atoms with Crippen LogP contribution >= 0.6 is 11.6 Å². The number of nitrogens with zero attached hydrogens (tertiary/aromatic N) is 2. The Labute approximate surface area is 272 Å². The van der Waals surface area contributed by atoms with Gasteiger partial charge in [-0.3, -0.25) is 14.5 Å². The Kier molecular flexibility index (Phi) is 7.33. The van der Waals surface area contributed by atoms with Gasteiger partial charge >= 0.3 is 0 Å². The van der Waals surface area contributed by atoms with Crippen LogP contribution in [0.15, 0.2) is 42.5 Å². The molecule has 47 heavy (non-hydrogen) atoms. The number of nitrogens with one attached hydrogen (secondary N) is 1. The van der Waals surface area contributed by atoms with E-state index in [9.17, 15) is 24.9 Å². The maximum Gasteiger partial charge on any atom is 0.262 e. The number of H-pyrrole nitrogens is 1. The van der Waals surface area contributed by atoms with Crippen LogP contribution in [-0.4, -0.2) is 112 Å². The second-order valence-corrected chi connectivity index (χ2v) is 12.8. The van der Waals surface area contributed by atoms with Crippen molar-refractivity contribution >= 4 is 67.0 Å². The van der Waals surface area contributed by atoms with E-state index in [2.05, 4.69) is 4.98 Å². The van der Waals surface area contributed by atoms with Gasteiger partial charge in [0.25, 0.3) is 11.8 Å². The Morgan fingerprint density at radius 3 is 2.47 bits per heavy atom. The zero-order valence-corrected chi connectivity index (χ0v) is 26.2. The summed E-state index contributed by atoms with van der Waals surface area (Å²) < 4.78 is 25.4. The molecule has 13 nitrogen and oxygen atoms in total. The number of nitrogens with two attached hydrogens (primary N) is 1. The lowest BCUT2D eigenvalue weighted by molar-refractivity contribution is -0.274. The molecule has 246 valence electrons. The molecule has 3 aliphatic rings. The van der Waals surface area contributed by atoms with Crippen LogP contribution in [-0.2, 0) is 18.9 Å². The predicted octanol–water partition coefficient (Wildman–Crippen LogP) is 2.39. The Morgan fingerprint density at radius 2 is 1.72 bits per heavy atom. The van der Waals surface area contributed by atoms with Crippen LogP contribution in [0.4, 0.5) is 0 Å². The zero-order valence-electron chi connectivity index (χ0n) is 25.4. The van der Waals surface area contributed by atoms with E-state index in [-0.39, 0.29) is 30.8 Å². The van der Waals surface area contributed by atoms with Crippen LogP contribution in [0.2, 0.25) is 5.02 Å². The molecular formula is C33H33ClN4O9. The van der Waals surface area contributed by atoms with Crippen LogP contribution in [0.1, 0.15) is 33.4 Å². The number of amides is 2. The van der Waals surface area contributed by atoms with E-state index in [0.29, 0.717) is 37.7 Å². The van der Waals surface area contributed by atoms with Crippen molar-refractivity contribution in [1.29, 1.82) is 0 Å². The van der Waals surface area contributed by atoms with E-state index in [1.807, 2.05) is 24.3 Å². The largest absolute Gasteiger partial charge is 0.391 e. The van der Waals surface area contributed by atoms with Crippen molar-refractivity contribution in [2.24, 2.45) is 5.73 Å². The van der Waals surface area contributed by atoms with Crippen molar-refractivity contribution in [3.63, 3.8) is 0 Å². The van der Waals surface area contributed by atoms with E-state index in [1.54, 1.807) is 22.8 Å². The van der Waals surface area contributed by atoms with Gasteiger partial charge in [0.05, 0.1) is 58.1 Å². The number of halogens is 1. The number of benzene rings is 3.